The largest absolute Gasteiger partial charge is 0.349 e. The molecule has 1 aromatic heterocycles. The van der Waals surface area contributed by atoms with Crippen molar-refractivity contribution < 1.29 is 9.59 Å². The second-order valence-electron chi connectivity index (χ2n) is 6.31. The van der Waals surface area contributed by atoms with Crippen molar-refractivity contribution in [2.75, 3.05) is 33.7 Å². The van der Waals surface area contributed by atoms with Crippen LogP contribution in [0.3, 0.4) is 0 Å². The van der Waals surface area contributed by atoms with Crippen LogP contribution in [-0.2, 0) is 24.4 Å². The van der Waals surface area contributed by atoms with E-state index in [-0.39, 0.29) is 18.5 Å². The van der Waals surface area contributed by atoms with Crippen molar-refractivity contribution in [2.24, 2.45) is 0 Å². The van der Waals surface area contributed by atoms with Crippen LogP contribution in [-0.4, -0.2) is 65.2 Å². The minimum absolute atomic E-state index is 0.0324. The number of urea groups is 1. The van der Waals surface area contributed by atoms with Gasteiger partial charge in [-0.05, 0) is 19.0 Å². The van der Waals surface area contributed by atoms with E-state index in [1.165, 1.54) is 23.4 Å². The highest BCUT2D eigenvalue weighted by Crippen LogP contribution is 2.14. The number of hydrogen-bond acceptors (Lipinski definition) is 4. The van der Waals surface area contributed by atoms with Crippen LogP contribution in [0.4, 0.5) is 4.79 Å². The van der Waals surface area contributed by atoms with Gasteiger partial charge < -0.3 is 15.5 Å². The van der Waals surface area contributed by atoms with E-state index in [2.05, 4.69) is 33.6 Å². The molecule has 0 atom stereocenters. The summed E-state index contributed by atoms with van der Waals surface area (Å²) in [5.41, 5.74) is 2.05. The monoisotopic (exact) mass is 336 g/mol. The molecule has 2 N–H and O–H groups in total. The fourth-order valence-corrected chi connectivity index (χ4v) is 2.60. The van der Waals surface area contributed by atoms with Crippen molar-refractivity contribution >= 4 is 11.9 Å². The summed E-state index contributed by atoms with van der Waals surface area (Å²) in [4.78, 5) is 27.0. The molecular formula is C16H28N6O2. The fraction of sp³-hybridized carbons (Fsp3) is 0.688. The molecule has 0 aliphatic carbocycles. The molecule has 0 fully saturated rings. The zero-order valence-electron chi connectivity index (χ0n) is 14.8. The van der Waals surface area contributed by atoms with Crippen molar-refractivity contribution in [1.82, 2.24) is 30.2 Å². The summed E-state index contributed by atoms with van der Waals surface area (Å²) in [6, 6.07) is 1.77. The number of nitrogens with one attached hydrogen (secondary N) is 2. The maximum Gasteiger partial charge on any atom is 0.317 e. The molecule has 2 rings (SSSR count). The lowest BCUT2D eigenvalue weighted by molar-refractivity contribution is -0.120. The van der Waals surface area contributed by atoms with E-state index in [9.17, 15) is 9.59 Å². The number of aromatic nitrogens is 2. The third-order valence-corrected chi connectivity index (χ3v) is 4.03. The van der Waals surface area contributed by atoms with Crippen LogP contribution in [0.15, 0.2) is 6.07 Å². The average molecular weight is 336 g/mol. The second-order valence-corrected chi connectivity index (χ2v) is 6.31. The molecule has 1 aliphatic heterocycles. The first kappa shape index (κ1) is 18.3. The van der Waals surface area contributed by atoms with Gasteiger partial charge in [0.1, 0.15) is 0 Å². The lowest BCUT2D eigenvalue weighted by Crippen LogP contribution is -2.41. The zero-order valence-corrected chi connectivity index (χ0v) is 14.8. The van der Waals surface area contributed by atoms with E-state index in [1.807, 2.05) is 4.68 Å². The molecule has 1 aliphatic rings. The lowest BCUT2D eigenvalue weighted by atomic mass is 10.2. The Balaban J connectivity index is 1.77. The highest BCUT2D eigenvalue weighted by atomic mass is 16.2. The van der Waals surface area contributed by atoms with Crippen molar-refractivity contribution in [3.8, 4) is 0 Å². The molecule has 8 nitrogen and oxygen atoms in total. The molecule has 134 valence electrons. The van der Waals surface area contributed by atoms with Gasteiger partial charge in [-0.25, -0.2) is 4.79 Å². The fourth-order valence-electron chi connectivity index (χ4n) is 2.60. The van der Waals surface area contributed by atoms with E-state index >= 15 is 0 Å². The molecule has 0 bridgehead atoms. The van der Waals surface area contributed by atoms with Crippen LogP contribution >= 0.6 is 0 Å². The van der Waals surface area contributed by atoms with Crippen LogP contribution < -0.4 is 10.6 Å². The van der Waals surface area contributed by atoms with Gasteiger partial charge in [0.25, 0.3) is 0 Å². The predicted molar refractivity (Wildman–Crippen MR) is 91.3 cm³/mol. The number of carbonyl (C=O) groups is 2. The Morgan fingerprint density at radius 2 is 2.08 bits per heavy atom. The number of rotatable bonds is 7. The molecule has 0 saturated heterocycles. The van der Waals surface area contributed by atoms with Crippen LogP contribution in [0, 0.1) is 0 Å². The summed E-state index contributed by atoms with van der Waals surface area (Å²) in [6.45, 7) is 6.51. The van der Waals surface area contributed by atoms with E-state index in [4.69, 9.17) is 0 Å². The number of hydrogen-bond donors (Lipinski definition) is 2. The van der Waals surface area contributed by atoms with Crippen LogP contribution in [0.5, 0.6) is 0 Å². The van der Waals surface area contributed by atoms with Crippen molar-refractivity contribution in [3.63, 3.8) is 0 Å². The molecule has 8 heteroatoms. The Morgan fingerprint density at radius 3 is 2.79 bits per heavy atom. The normalized spacial score (nSPS) is 14.1. The van der Waals surface area contributed by atoms with Gasteiger partial charge in [-0.2, -0.15) is 5.10 Å². The summed E-state index contributed by atoms with van der Waals surface area (Å²) in [5, 5.41) is 9.86. The van der Waals surface area contributed by atoms with Crippen molar-refractivity contribution in [1.29, 1.82) is 0 Å². The molecule has 0 unspecified atom stereocenters. The van der Waals surface area contributed by atoms with Crippen LogP contribution in [0.2, 0.25) is 0 Å². The Labute approximate surface area is 143 Å². The minimum atomic E-state index is -0.283. The first-order valence-corrected chi connectivity index (χ1v) is 8.49. The Bertz CT molecular complexity index is 569. The highest BCUT2D eigenvalue weighted by Gasteiger charge is 2.18. The summed E-state index contributed by atoms with van der Waals surface area (Å²) in [5.74, 6) is -0.222. The van der Waals surface area contributed by atoms with Gasteiger partial charge in [-0.3, -0.25) is 14.4 Å². The van der Waals surface area contributed by atoms with Gasteiger partial charge in [-0.15, -0.1) is 0 Å². The standard InChI is InChI=1S/C16H28N6O2/c1-4-5-6-21-7-8-22-14(12-21)9-13(19-22)10-17-15(23)11-18-16(24)20(2)3/h9H,4-8,10-12H2,1-3H3,(H,17,23)(H,18,24). The summed E-state index contributed by atoms with van der Waals surface area (Å²) in [7, 11) is 3.26. The number of amides is 3. The first-order valence-electron chi connectivity index (χ1n) is 8.49. The Hall–Kier alpha value is -2.09. The quantitative estimate of drug-likeness (QED) is 0.754. The van der Waals surface area contributed by atoms with E-state index < -0.39 is 0 Å². The number of carbonyl (C=O) groups excluding carboxylic acids is 2. The van der Waals surface area contributed by atoms with Crippen LogP contribution in [0.25, 0.3) is 0 Å². The molecule has 2 heterocycles. The minimum Gasteiger partial charge on any atom is -0.349 e. The third kappa shape index (κ3) is 5.23. The smallest absolute Gasteiger partial charge is 0.317 e. The van der Waals surface area contributed by atoms with Gasteiger partial charge in [0, 0.05) is 27.2 Å². The molecule has 0 aromatic carbocycles. The topological polar surface area (TPSA) is 82.5 Å². The second kappa shape index (κ2) is 8.68. The molecule has 0 spiro atoms. The SMILES string of the molecule is CCCCN1CCn2nc(CNC(=O)CNC(=O)N(C)C)cc2C1. The molecular weight excluding hydrogens is 308 g/mol. The Kier molecular flexibility index (Phi) is 6.60. The molecule has 3 amide bonds. The molecule has 1 aromatic rings. The summed E-state index contributed by atoms with van der Waals surface area (Å²) < 4.78 is 2.03. The summed E-state index contributed by atoms with van der Waals surface area (Å²) >= 11 is 0. The molecule has 0 radical (unpaired) electrons. The maximum absolute atomic E-state index is 11.8. The van der Waals surface area contributed by atoms with Gasteiger partial charge in [0.2, 0.25) is 5.91 Å². The van der Waals surface area contributed by atoms with Gasteiger partial charge in [0.05, 0.1) is 31.0 Å². The first-order chi connectivity index (χ1) is 11.5. The van der Waals surface area contributed by atoms with Crippen LogP contribution in [0.1, 0.15) is 31.2 Å². The number of fused-ring (bicyclic) bond motifs is 1. The highest BCUT2D eigenvalue weighted by molar-refractivity contribution is 5.83. The van der Waals surface area contributed by atoms with Crippen molar-refractivity contribution in [2.45, 2.75) is 39.4 Å². The predicted octanol–water partition coefficient (Wildman–Crippen LogP) is 0.386. The van der Waals surface area contributed by atoms with Gasteiger partial charge in [-0.1, -0.05) is 13.3 Å². The maximum atomic E-state index is 11.8. The molecule has 0 saturated carbocycles. The summed E-state index contributed by atoms with van der Waals surface area (Å²) in [6.07, 6.45) is 2.42. The third-order valence-electron chi connectivity index (χ3n) is 4.03. The van der Waals surface area contributed by atoms with E-state index in [1.54, 1.807) is 14.1 Å². The number of unbranched alkanes of at least 4 members (excludes halogenated alkanes) is 1. The Morgan fingerprint density at radius 1 is 1.29 bits per heavy atom. The van der Waals surface area contributed by atoms with Gasteiger partial charge >= 0.3 is 6.03 Å². The average Bonchev–Trinajstić information content (AvgIpc) is 2.97. The van der Waals surface area contributed by atoms with Gasteiger partial charge in [0.15, 0.2) is 0 Å². The zero-order chi connectivity index (χ0) is 17.5. The lowest BCUT2D eigenvalue weighted by Gasteiger charge is -2.27. The van der Waals surface area contributed by atoms with E-state index in [0.717, 1.165) is 31.9 Å². The van der Waals surface area contributed by atoms with Crippen molar-refractivity contribution in [3.05, 3.63) is 17.5 Å². The molecule has 24 heavy (non-hydrogen) atoms. The number of nitrogens with zero attached hydrogens (tertiary/aromatic N) is 4. The van der Waals surface area contributed by atoms with E-state index in [0.29, 0.717) is 6.54 Å².